The molecule has 0 heterocycles. The van der Waals surface area contributed by atoms with Gasteiger partial charge in [-0.2, -0.15) is 0 Å². The van der Waals surface area contributed by atoms with E-state index in [1.54, 1.807) is 12.1 Å². The first-order valence-electron chi connectivity index (χ1n) is 4.06. The molecule has 1 atom stereocenters. The Morgan fingerprint density at radius 2 is 2.00 bits per heavy atom. The lowest BCUT2D eigenvalue weighted by Crippen LogP contribution is -1.94. The third kappa shape index (κ3) is 3.26. The first kappa shape index (κ1) is 10.4. The number of benzene rings is 1. The van der Waals surface area contributed by atoms with Gasteiger partial charge in [-0.25, -0.2) is 4.21 Å². The summed E-state index contributed by atoms with van der Waals surface area (Å²) in [4.78, 5) is 0.641. The van der Waals surface area contributed by atoms with Crippen molar-refractivity contribution in [3.8, 4) is 0 Å². The van der Waals surface area contributed by atoms with Crippen LogP contribution in [0.4, 0.5) is 0 Å². The van der Waals surface area contributed by atoms with Crippen LogP contribution in [0.3, 0.4) is 0 Å². The van der Waals surface area contributed by atoms with E-state index in [1.807, 2.05) is 26.0 Å². The monoisotopic (exact) mass is 198 g/mol. The number of nitrogens with zero attached hydrogens (tertiary/aromatic N) is 1. The molecule has 0 aliphatic carbocycles. The highest BCUT2D eigenvalue weighted by atomic mass is 32.2. The summed E-state index contributed by atoms with van der Waals surface area (Å²) in [7, 11) is 0. The van der Waals surface area contributed by atoms with Gasteiger partial charge in [0.1, 0.15) is 0 Å². The summed E-state index contributed by atoms with van der Waals surface area (Å²) in [5, 5.41) is 0. The number of hydrogen-bond donors (Lipinski definition) is 0. The van der Waals surface area contributed by atoms with Crippen molar-refractivity contribution in [2.45, 2.75) is 18.7 Å². The summed E-state index contributed by atoms with van der Waals surface area (Å²) < 4.78 is 16.0. The van der Waals surface area contributed by atoms with Gasteiger partial charge in [0.2, 0.25) is 0 Å². The molecule has 72 valence electrons. The summed E-state index contributed by atoms with van der Waals surface area (Å²) in [5.41, 5.74) is 4.70. The van der Waals surface area contributed by atoms with Gasteiger partial charge in [-0.3, -0.25) is 0 Å². The van der Waals surface area contributed by atoms with Crippen LogP contribution in [-0.2, 0) is 15.4 Å². The molecule has 0 N–H and O–H groups in total. The first-order valence-corrected chi connectivity index (χ1v) is 5.14. The zero-order valence-electron chi connectivity index (χ0n) is 7.69. The molecule has 0 saturated carbocycles. The zero-order valence-corrected chi connectivity index (χ0v) is 8.50. The van der Waals surface area contributed by atoms with Gasteiger partial charge in [-0.15, -0.1) is 6.54 Å². The van der Waals surface area contributed by atoms with Gasteiger partial charge in [0.15, 0.2) is 11.1 Å². The maximum Gasteiger partial charge on any atom is 0.172 e. The largest absolute Gasteiger partial charge is 0.518 e. The molecule has 1 unspecified atom stereocenters. The zero-order chi connectivity index (χ0) is 9.68. The lowest BCUT2D eigenvalue weighted by Gasteiger charge is -2.15. The van der Waals surface area contributed by atoms with Gasteiger partial charge in [0.05, 0.1) is 4.90 Å². The summed E-state index contributed by atoms with van der Waals surface area (Å²) in [6.45, 7) is 4.31. The first-order chi connectivity index (χ1) is 6.24. The van der Waals surface area contributed by atoms with E-state index < -0.39 is 11.1 Å². The Morgan fingerprint density at radius 3 is 2.54 bits per heavy atom. The Labute approximate surface area is 80.7 Å². The maximum atomic E-state index is 11.3. The molecule has 1 rings (SSSR count). The van der Waals surface area contributed by atoms with Gasteiger partial charge in [-0.1, -0.05) is 24.6 Å². The van der Waals surface area contributed by atoms with Gasteiger partial charge in [0.25, 0.3) is 0 Å². The number of rotatable bonds is 4. The van der Waals surface area contributed by atoms with Crippen molar-refractivity contribution in [1.82, 2.24) is 0 Å². The molecule has 0 spiro atoms. The van der Waals surface area contributed by atoms with E-state index in [2.05, 4.69) is 5.48 Å². The van der Waals surface area contributed by atoms with Gasteiger partial charge in [0, 0.05) is 0 Å². The molecule has 4 heteroatoms. The fourth-order valence-corrected chi connectivity index (χ4v) is 1.44. The summed E-state index contributed by atoms with van der Waals surface area (Å²) in [6, 6.07) is 7.33. The lowest BCUT2D eigenvalue weighted by atomic mass is 10.2. The van der Waals surface area contributed by atoms with Crippen molar-refractivity contribution in [2.24, 2.45) is 0 Å². The second-order valence-corrected chi connectivity index (χ2v) is 3.66. The molecule has 1 aromatic carbocycles. The summed E-state index contributed by atoms with van der Waals surface area (Å²) in [6.07, 6.45) is 0. The highest BCUT2D eigenvalue weighted by Crippen LogP contribution is 2.10. The molecule has 0 aromatic heterocycles. The van der Waals surface area contributed by atoms with Crippen LogP contribution in [0, 0.1) is 6.92 Å². The van der Waals surface area contributed by atoms with Crippen LogP contribution in [0.15, 0.2) is 29.2 Å². The van der Waals surface area contributed by atoms with Crippen LogP contribution < -0.4 is 0 Å². The molecule has 0 saturated heterocycles. The van der Waals surface area contributed by atoms with Crippen LogP contribution >= 0.6 is 0 Å². The third-order valence-corrected chi connectivity index (χ3v) is 2.36. The second kappa shape index (κ2) is 5.11. The minimum atomic E-state index is -1.46. The van der Waals surface area contributed by atoms with Crippen molar-refractivity contribution < 1.29 is 8.49 Å². The lowest BCUT2D eigenvalue weighted by molar-refractivity contribution is 0.453. The van der Waals surface area contributed by atoms with E-state index in [-0.39, 0.29) is 0 Å². The molecule has 0 aliphatic rings. The highest BCUT2D eigenvalue weighted by molar-refractivity contribution is 7.80. The van der Waals surface area contributed by atoms with Crippen LogP contribution in [0.1, 0.15) is 12.5 Å². The van der Waals surface area contributed by atoms with Crippen LogP contribution in [0.5, 0.6) is 0 Å². The van der Waals surface area contributed by atoms with E-state index in [9.17, 15) is 4.21 Å². The second-order valence-electron chi connectivity index (χ2n) is 2.57. The van der Waals surface area contributed by atoms with Crippen molar-refractivity contribution in [2.75, 3.05) is 6.54 Å². The minimum absolute atomic E-state index is 0.512. The molecular formula is C9H12NO2S-. The minimum Gasteiger partial charge on any atom is -0.518 e. The molecule has 0 aliphatic heterocycles. The Bertz CT molecular complexity index is 284. The normalized spacial score (nSPS) is 12.8. The van der Waals surface area contributed by atoms with Gasteiger partial charge in [-0.05, 0) is 19.1 Å². The Kier molecular flexibility index (Phi) is 4.08. The molecular weight excluding hydrogens is 186 g/mol. The number of hydroxylamine groups is 1. The molecule has 13 heavy (non-hydrogen) atoms. The Balaban J connectivity index is 2.61. The fraction of sp³-hybridized carbons (Fsp3) is 0.333. The molecule has 3 nitrogen and oxygen atoms in total. The molecule has 1 aromatic rings. The third-order valence-electron chi connectivity index (χ3n) is 1.46. The van der Waals surface area contributed by atoms with Crippen molar-refractivity contribution in [3.05, 3.63) is 35.3 Å². The SMILES string of the molecule is CC[N-]OS(=O)c1ccc(C)cc1. The van der Waals surface area contributed by atoms with Crippen LogP contribution in [-0.4, -0.2) is 10.8 Å². The number of aryl methyl sites for hydroxylation is 1. The summed E-state index contributed by atoms with van der Waals surface area (Å²) >= 11 is -1.46. The van der Waals surface area contributed by atoms with E-state index in [0.717, 1.165) is 5.56 Å². The predicted octanol–water partition coefficient (Wildman–Crippen LogP) is 2.34. The summed E-state index contributed by atoms with van der Waals surface area (Å²) in [5.74, 6) is 0. The number of hydrogen-bond acceptors (Lipinski definition) is 2. The quantitative estimate of drug-likeness (QED) is 0.697. The van der Waals surface area contributed by atoms with Crippen LogP contribution in [0.25, 0.3) is 5.48 Å². The average molecular weight is 198 g/mol. The Hall–Kier alpha value is -0.710. The van der Waals surface area contributed by atoms with E-state index in [1.165, 1.54) is 0 Å². The standard InChI is InChI=1S/C9H12NO2S/c1-3-10-12-13(11)9-6-4-8(2)5-7-9/h4-7H,3H2,1-2H3/q-1. The smallest absolute Gasteiger partial charge is 0.172 e. The molecule has 0 radical (unpaired) electrons. The maximum absolute atomic E-state index is 11.3. The van der Waals surface area contributed by atoms with Crippen molar-refractivity contribution in [1.29, 1.82) is 0 Å². The van der Waals surface area contributed by atoms with E-state index >= 15 is 0 Å². The van der Waals surface area contributed by atoms with Gasteiger partial charge >= 0.3 is 0 Å². The van der Waals surface area contributed by atoms with E-state index in [4.69, 9.17) is 4.28 Å². The molecule has 0 fully saturated rings. The van der Waals surface area contributed by atoms with E-state index in [0.29, 0.717) is 11.4 Å². The van der Waals surface area contributed by atoms with Gasteiger partial charge < -0.3 is 9.76 Å². The topological polar surface area (TPSA) is 40.4 Å². The fourth-order valence-electron chi connectivity index (χ4n) is 0.793. The van der Waals surface area contributed by atoms with Crippen LogP contribution in [0.2, 0.25) is 0 Å². The van der Waals surface area contributed by atoms with Crippen molar-refractivity contribution in [3.63, 3.8) is 0 Å². The molecule has 0 bridgehead atoms. The Morgan fingerprint density at radius 1 is 1.38 bits per heavy atom. The molecule has 0 amide bonds. The average Bonchev–Trinajstić information content (AvgIpc) is 2.15. The van der Waals surface area contributed by atoms with Crippen molar-refractivity contribution >= 4 is 11.1 Å². The highest BCUT2D eigenvalue weighted by Gasteiger charge is 1.98. The predicted molar refractivity (Wildman–Crippen MR) is 52.6 cm³/mol.